The Kier molecular flexibility index (Phi) is 5.42. The lowest BCUT2D eigenvalue weighted by atomic mass is 9.82. The van der Waals surface area contributed by atoms with Crippen LogP contribution in [-0.2, 0) is 6.54 Å². The molecule has 0 saturated heterocycles. The Balaban J connectivity index is 2.16. The molecule has 3 rings (SSSR count). The lowest BCUT2D eigenvalue weighted by molar-refractivity contribution is -0.949. The summed E-state index contributed by atoms with van der Waals surface area (Å²) in [7, 11) is 2.08. The Labute approximate surface area is 159 Å². The third-order valence-electron chi connectivity index (χ3n) is 5.44. The topological polar surface area (TPSA) is 40.5 Å². The average molecular weight is 381 g/mol. The quantitative estimate of drug-likeness (QED) is 0.792. The number of aliphatic hydroxyl groups excluding tert-OH is 2. The number of fused-ring (bicyclic) bond motifs is 1. The minimum atomic E-state index is -0.243. The number of nitrogens with zero attached hydrogens (tertiary/aromatic N) is 1. The molecule has 25 heavy (non-hydrogen) atoms. The number of benzene rings is 2. The van der Waals surface area contributed by atoms with Gasteiger partial charge in [0, 0.05) is 10.6 Å². The summed E-state index contributed by atoms with van der Waals surface area (Å²) in [6, 6.07) is 12.0. The van der Waals surface area contributed by atoms with Gasteiger partial charge in [0.25, 0.3) is 0 Å². The van der Waals surface area contributed by atoms with Crippen molar-refractivity contribution < 1.29 is 14.7 Å². The highest BCUT2D eigenvalue weighted by Crippen LogP contribution is 2.42. The van der Waals surface area contributed by atoms with E-state index in [2.05, 4.69) is 38.2 Å². The molecule has 1 aliphatic heterocycles. The van der Waals surface area contributed by atoms with E-state index in [9.17, 15) is 10.2 Å². The van der Waals surface area contributed by atoms with Crippen LogP contribution < -0.4 is 0 Å². The second kappa shape index (κ2) is 7.26. The number of aryl methyl sites for hydroxylation is 1. The van der Waals surface area contributed by atoms with E-state index >= 15 is 0 Å². The molecule has 0 aliphatic carbocycles. The van der Waals surface area contributed by atoms with Gasteiger partial charge in [-0.15, -0.1) is 0 Å². The molecule has 0 saturated carbocycles. The van der Waals surface area contributed by atoms with Crippen LogP contribution in [0.15, 0.2) is 36.4 Å². The summed E-state index contributed by atoms with van der Waals surface area (Å²) >= 11 is 12.8. The molecule has 5 heteroatoms. The second-order valence-corrected chi connectivity index (χ2v) is 8.10. The molecule has 0 radical (unpaired) electrons. The monoisotopic (exact) mass is 380 g/mol. The Morgan fingerprint density at radius 1 is 1.16 bits per heavy atom. The van der Waals surface area contributed by atoms with Gasteiger partial charge in [-0.3, -0.25) is 0 Å². The first kappa shape index (κ1) is 18.7. The zero-order valence-corrected chi connectivity index (χ0v) is 16.1. The highest BCUT2D eigenvalue weighted by Gasteiger charge is 2.41. The summed E-state index contributed by atoms with van der Waals surface area (Å²) < 4.78 is 0.542. The molecule has 0 spiro atoms. The smallest absolute Gasteiger partial charge is 0.136 e. The van der Waals surface area contributed by atoms with E-state index in [1.54, 1.807) is 6.07 Å². The summed E-state index contributed by atoms with van der Waals surface area (Å²) in [5.74, 6) is 0.116. The minimum Gasteiger partial charge on any atom is -0.390 e. The van der Waals surface area contributed by atoms with Crippen LogP contribution in [0.1, 0.15) is 28.2 Å². The molecule has 2 aromatic carbocycles. The van der Waals surface area contributed by atoms with Crippen LogP contribution >= 0.6 is 23.2 Å². The lowest BCUT2D eigenvalue weighted by Gasteiger charge is -2.46. The summed E-state index contributed by atoms with van der Waals surface area (Å²) in [6.45, 7) is 3.40. The number of rotatable bonds is 4. The van der Waals surface area contributed by atoms with E-state index in [0.29, 0.717) is 21.1 Å². The maximum atomic E-state index is 9.78. The predicted octanol–water partition coefficient (Wildman–Crippen LogP) is 3.75. The number of quaternary nitrogens is 1. The van der Waals surface area contributed by atoms with Crippen LogP contribution in [0.4, 0.5) is 0 Å². The maximum absolute atomic E-state index is 9.78. The highest BCUT2D eigenvalue weighted by molar-refractivity contribution is 6.35. The standard InChI is InChI=1S/C20H24Cl2NO2/c1-13-4-3-5-14(6-13)18-9-23(2,16(11-24)12-25)10-19-17(18)7-15(21)8-20(19)22/h3-8,16,18,24-25H,9-12H2,1-2H3/q+1. The van der Waals surface area contributed by atoms with Crippen LogP contribution in [0.3, 0.4) is 0 Å². The molecule has 1 heterocycles. The third-order valence-corrected chi connectivity index (χ3v) is 5.99. The number of likely N-dealkylation sites (N-methyl/N-ethyl adjacent to an activating group) is 1. The van der Waals surface area contributed by atoms with Gasteiger partial charge in [0.2, 0.25) is 0 Å². The zero-order valence-electron chi connectivity index (χ0n) is 14.5. The molecule has 2 aromatic rings. The molecule has 0 aromatic heterocycles. The zero-order chi connectivity index (χ0) is 18.2. The van der Waals surface area contributed by atoms with Gasteiger partial charge in [-0.1, -0.05) is 53.0 Å². The van der Waals surface area contributed by atoms with E-state index < -0.39 is 0 Å². The molecule has 3 nitrogen and oxygen atoms in total. The van der Waals surface area contributed by atoms with Crippen molar-refractivity contribution in [1.82, 2.24) is 0 Å². The minimum absolute atomic E-state index is 0.0614. The third kappa shape index (κ3) is 3.57. The Morgan fingerprint density at radius 2 is 1.88 bits per heavy atom. The summed E-state index contributed by atoms with van der Waals surface area (Å²) in [6.07, 6.45) is 0. The van der Waals surface area contributed by atoms with Crippen molar-refractivity contribution in [3.63, 3.8) is 0 Å². The summed E-state index contributed by atoms with van der Waals surface area (Å²) in [5.41, 5.74) is 4.61. The first-order chi connectivity index (χ1) is 11.9. The molecule has 2 N–H and O–H groups in total. The van der Waals surface area contributed by atoms with E-state index in [1.807, 2.05) is 6.07 Å². The maximum Gasteiger partial charge on any atom is 0.136 e. The number of halogens is 2. The highest BCUT2D eigenvalue weighted by atomic mass is 35.5. The van der Waals surface area contributed by atoms with E-state index in [4.69, 9.17) is 23.2 Å². The van der Waals surface area contributed by atoms with Gasteiger partial charge in [-0.2, -0.15) is 0 Å². The van der Waals surface area contributed by atoms with Crippen LogP contribution in [0.5, 0.6) is 0 Å². The largest absolute Gasteiger partial charge is 0.390 e. The SMILES string of the molecule is Cc1cccc(C2C[N+](C)(C(CO)CO)Cc3c(Cl)cc(Cl)cc32)c1. The lowest BCUT2D eigenvalue weighted by Crippen LogP contribution is -2.58. The first-order valence-corrected chi connectivity index (χ1v) is 9.24. The predicted molar refractivity (Wildman–Crippen MR) is 102 cm³/mol. The fourth-order valence-electron chi connectivity index (χ4n) is 3.94. The van der Waals surface area contributed by atoms with Crippen LogP contribution in [0.2, 0.25) is 10.0 Å². The summed E-state index contributed by atoms with van der Waals surface area (Å²) in [5, 5.41) is 20.8. The van der Waals surface area contributed by atoms with Gasteiger partial charge < -0.3 is 14.7 Å². The number of hydrogen-bond acceptors (Lipinski definition) is 2. The second-order valence-electron chi connectivity index (χ2n) is 7.26. The molecule has 0 fully saturated rings. The molecule has 2 unspecified atom stereocenters. The Hall–Kier alpha value is -1.10. The molecule has 0 amide bonds. The van der Waals surface area contributed by atoms with Gasteiger partial charge in [0.1, 0.15) is 12.6 Å². The van der Waals surface area contributed by atoms with Crippen molar-refractivity contribution in [2.45, 2.75) is 25.4 Å². The fraction of sp³-hybridized carbons (Fsp3) is 0.400. The Bertz CT molecular complexity index is 776. The van der Waals surface area contributed by atoms with E-state index in [1.165, 1.54) is 11.1 Å². The van der Waals surface area contributed by atoms with E-state index in [-0.39, 0.29) is 25.2 Å². The molecular weight excluding hydrogens is 357 g/mol. The molecule has 134 valence electrons. The van der Waals surface area contributed by atoms with E-state index in [0.717, 1.165) is 17.7 Å². The first-order valence-electron chi connectivity index (χ1n) is 8.48. The number of aliphatic hydroxyl groups is 2. The van der Waals surface area contributed by atoms with Gasteiger partial charge in [-0.25, -0.2) is 0 Å². The fourth-order valence-corrected chi connectivity index (χ4v) is 4.51. The van der Waals surface area contributed by atoms with Crippen LogP contribution in [0.25, 0.3) is 0 Å². The van der Waals surface area contributed by atoms with Crippen molar-refractivity contribution in [3.8, 4) is 0 Å². The van der Waals surface area contributed by atoms with Crippen LogP contribution in [-0.4, -0.2) is 47.5 Å². The Morgan fingerprint density at radius 3 is 2.52 bits per heavy atom. The van der Waals surface area contributed by atoms with Crippen molar-refractivity contribution in [2.75, 3.05) is 26.8 Å². The van der Waals surface area contributed by atoms with Crippen molar-refractivity contribution in [3.05, 3.63) is 68.7 Å². The van der Waals surface area contributed by atoms with Gasteiger partial charge in [0.05, 0.1) is 37.7 Å². The van der Waals surface area contributed by atoms with Gasteiger partial charge in [0.15, 0.2) is 0 Å². The normalized spacial score (nSPS) is 22.9. The van der Waals surface area contributed by atoms with Crippen LogP contribution in [0, 0.1) is 6.92 Å². The van der Waals surface area contributed by atoms with Crippen molar-refractivity contribution in [2.24, 2.45) is 0 Å². The summed E-state index contributed by atoms with van der Waals surface area (Å²) in [4.78, 5) is 0. The molecular formula is C20H24Cl2NO2+. The van der Waals surface area contributed by atoms with Crippen molar-refractivity contribution >= 4 is 23.2 Å². The van der Waals surface area contributed by atoms with Crippen molar-refractivity contribution in [1.29, 1.82) is 0 Å². The average Bonchev–Trinajstić information content (AvgIpc) is 2.56. The van der Waals surface area contributed by atoms with Gasteiger partial charge >= 0.3 is 0 Å². The molecule has 2 atom stereocenters. The van der Waals surface area contributed by atoms with Gasteiger partial charge in [-0.05, 0) is 30.2 Å². The number of hydrogen-bond donors (Lipinski definition) is 2. The molecule has 0 bridgehead atoms. The molecule has 1 aliphatic rings.